The van der Waals surface area contributed by atoms with Crippen molar-refractivity contribution in [2.75, 3.05) is 6.61 Å². The van der Waals surface area contributed by atoms with E-state index in [0.29, 0.717) is 12.4 Å². The average Bonchev–Trinajstić information content (AvgIpc) is 2.64. The maximum absolute atomic E-state index is 9.59. The molecule has 0 aliphatic carbocycles. The highest BCUT2D eigenvalue weighted by Crippen LogP contribution is 2.33. The number of phenols is 1. The van der Waals surface area contributed by atoms with Gasteiger partial charge in [-0.3, -0.25) is 5.10 Å². The molecular weight excluding hydrogens is 180 g/mol. The number of fused-ring (bicyclic) bond motifs is 1. The lowest BCUT2D eigenvalue weighted by atomic mass is 10.2. The summed E-state index contributed by atoms with van der Waals surface area (Å²) in [6.07, 6.45) is 2.56. The van der Waals surface area contributed by atoms with Crippen LogP contribution in [0.3, 0.4) is 0 Å². The summed E-state index contributed by atoms with van der Waals surface area (Å²) in [5.41, 5.74) is 0.869. The molecule has 0 atom stereocenters. The number of aromatic nitrogens is 2. The second-order valence-electron chi connectivity index (χ2n) is 3.09. The van der Waals surface area contributed by atoms with Crippen LogP contribution in [0.2, 0.25) is 0 Å². The topological polar surface area (TPSA) is 58.1 Å². The van der Waals surface area contributed by atoms with Crippen molar-refractivity contribution in [1.82, 2.24) is 10.2 Å². The van der Waals surface area contributed by atoms with Crippen molar-refractivity contribution in [3.63, 3.8) is 0 Å². The molecule has 0 bridgehead atoms. The lowest BCUT2D eigenvalue weighted by molar-refractivity contribution is 0.303. The second kappa shape index (κ2) is 3.57. The van der Waals surface area contributed by atoms with Crippen molar-refractivity contribution in [3.8, 4) is 11.5 Å². The fraction of sp³-hybridized carbons (Fsp3) is 0.300. The molecule has 74 valence electrons. The van der Waals surface area contributed by atoms with Crippen LogP contribution in [0.25, 0.3) is 10.9 Å². The quantitative estimate of drug-likeness (QED) is 0.782. The van der Waals surface area contributed by atoms with Crippen LogP contribution in [0.1, 0.15) is 13.3 Å². The van der Waals surface area contributed by atoms with Crippen LogP contribution in [-0.2, 0) is 0 Å². The Morgan fingerprint density at radius 2 is 2.36 bits per heavy atom. The number of hydrogen-bond donors (Lipinski definition) is 2. The molecule has 0 amide bonds. The van der Waals surface area contributed by atoms with Crippen molar-refractivity contribution in [2.24, 2.45) is 0 Å². The van der Waals surface area contributed by atoms with Gasteiger partial charge in [0.2, 0.25) is 0 Å². The molecular formula is C10H12N2O2. The standard InChI is InChI=1S/C10H12N2O2/c1-2-5-14-10-7-6-11-12-8(7)3-4-9(10)13/h3-4,6,13H,2,5H2,1H3,(H,11,12). The van der Waals surface area contributed by atoms with E-state index in [1.54, 1.807) is 18.3 Å². The molecule has 0 fully saturated rings. The highest BCUT2D eigenvalue weighted by atomic mass is 16.5. The summed E-state index contributed by atoms with van der Waals surface area (Å²) in [6.45, 7) is 2.62. The van der Waals surface area contributed by atoms with Gasteiger partial charge in [0, 0.05) is 0 Å². The number of rotatable bonds is 3. The molecule has 0 spiro atoms. The summed E-state index contributed by atoms with van der Waals surface area (Å²) in [6, 6.07) is 3.38. The largest absolute Gasteiger partial charge is 0.504 e. The number of aromatic hydroxyl groups is 1. The van der Waals surface area contributed by atoms with E-state index in [1.165, 1.54) is 0 Å². The van der Waals surface area contributed by atoms with Crippen molar-refractivity contribution in [3.05, 3.63) is 18.3 Å². The van der Waals surface area contributed by atoms with Gasteiger partial charge in [-0.15, -0.1) is 0 Å². The first-order valence-electron chi connectivity index (χ1n) is 4.60. The van der Waals surface area contributed by atoms with Gasteiger partial charge in [0.1, 0.15) is 0 Å². The zero-order valence-electron chi connectivity index (χ0n) is 7.95. The van der Waals surface area contributed by atoms with E-state index in [0.717, 1.165) is 17.3 Å². The molecule has 1 heterocycles. The molecule has 4 nitrogen and oxygen atoms in total. The minimum atomic E-state index is 0.160. The summed E-state index contributed by atoms with van der Waals surface area (Å²) in [4.78, 5) is 0. The van der Waals surface area contributed by atoms with Crippen LogP contribution in [0.5, 0.6) is 11.5 Å². The van der Waals surface area contributed by atoms with Gasteiger partial charge in [0.05, 0.1) is 23.7 Å². The first-order valence-corrected chi connectivity index (χ1v) is 4.60. The predicted molar refractivity (Wildman–Crippen MR) is 53.5 cm³/mol. The monoisotopic (exact) mass is 192 g/mol. The average molecular weight is 192 g/mol. The van der Waals surface area contributed by atoms with Crippen molar-refractivity contribution in [2.45, 2.75) is 13.3 Å². The number of nitrogens with one attached hydrogen (secondary N) is 1. The van der Waals surface area contributed by atoms with E-state index in [-0.39, 0.29) is 5.75 Å². The summed E-state index contributed by atoms with van der Waals surface area (Å²) in [7, 11) is 0. The van der Waals surface area contributed by atoms with Crippen molar-refractivity contribution >= 4 is 10.9 Å². The molecule has 0 saturated carbocycles. The van der Waals surface area contributed by atoms with Gasteiger partial charge in [-0.25, -0.2) is 0 Å². The van der Waals surface area contributed by atoms with Crippen molar-refractivity contribution in [1.29, 1.82) is 0 Å². The SMILES string of the molecule is CCCOc1c(O)ccc2[nH]ncc12. The zero-order valence-corrected chi connectivity index (χ0v) is 7.95. The lowest BCUT2D eigenvalue weighted by Crippen LogP contribution is -1.95. The molecule has 0 aliphatic rings. The number of H-pyrrole nitrogens is 1. The van der Waals surface area contributed by atoms with Gasteiger partial charge < -0.3 is 9.84 Å². The van der Waals surface area contributed by atoms with Gasteiger partial charge in [0.15, 0.2) is 11.5 Å². The van der Waals surface area contributed by atoms with E-state index >= 15 is 0 Å². The molecule has 0 radical (unpaired) electrons. The Hall–Kier alpha value is -1.71. The highest BCUT2D eigenvalue weighted by molar-refractivity contribution is 5.87. The van der Waals surface area contributed by atoms with E-state index in [2.05, 4.69) is 10.2 Å². The Bertz CT molecular complexity index is 437. The minimum absolute atomic E-state index is 0.160. The van der Waals surface area contributed by atoms with E-state index < -0.39 is 0 Å². The zero-order chi connectivity index (χ0) is 9.97. The molecule has 2 aromatic rings. The Labute approximate surface area is 81.5 Å². The maximum Gasteiger partial charge on any atom is 0.171 e. The van der Waals surface area contributed by atoms with Crippen LogP contribution < -0.4 is 4.74 Å². The molecule has 0 saturated heterocycles. The van der Waals surface area contributed by atoms with Crippen molar-refractivity contribution < 1.29 is 9.84 Å². The molecule has 0 unspecified atom stereocenters. The third kappa shape index (κ3) is 1.39. The number of nitrogens with zero attached hydrogens (tertiary/aromatic N) is 1. The third-order valence-electron chi connectivity index (χ3n) is 2.00. The number of phenolic OH excluding ortho intramolecular Hbond substituents is 1. The Kier molecular flexibility index (Phi) is 2.26. The molecule has 2 N–H and O–H groups in total. The van der Waals surface area contributed by atoms with Crippen LogP contribution in [0, 0.1) is 0 Å². The Morgan fingerprint density at radius 1 is 1.50 bits per heavy atom. The van der Waals surface area contributed by atoms with Gasteiger partial charge >= 0.3 is 0 Å². The normalized spacial score (nSPS) is 10.6. The fourth-order valence-corrected chi connectivity index (χ4v) is 1.34. The molecule has 2 rings (SSSR count). The van der Waals surface area contributed by atoms with E-state index in [9.17, 15) is 5.11 Å². The van der Waals surface area contributed by atoms with Crippen LogP contribution in [0.15, 0.2) is 18.3 Å². The summed E-state index contributed by atoms with van der Waals surface area (Å²) in [5, 5.41) is 17.1. The Balaban J connectivity index is 2.47. The number of ether oxygens (including phenoxy) is 1. The second-order valence-corrected chi connectivity index (χ2v) is 3.09. The number of benzene rings is 1. The first kappa shape index (κ1) is 8.87. The molecule has 0 aliphatic heterocycles. The van der Waals surface area contributed by atoms with Gasteiger partial charge in [-0.05, 0) is 18.6 Å². The fourth-order valence-electron chi connectivity index (χ4n) is 1.34. The smallest absolute Gasteiger partial charge is 0.171 e. The van der Waals surface area contributed by atoms with E-state index in [1.807, 2.05) is 6.92 Å². The highest BCUT2D eigenvalue weighted by Gasteiger charge is 2.08. The first-order chi connectivity index (χ1) is 6.83. The number of aromatic amines is 1. The summed E-state index contributed by atoms with van der Waals surface area (Å²) < 4.78 is 5.45. The van der Waals surface area contributed by atoms with Crippen LogP contribution in [0.4, 0.5) is 0 Å². The predicted octanol–water partition coefficient (Wildman–Crippen LogP) is 2.06. The van der Waals surface area contributed by atoms with Gasteiger partial charge in [0.25, 0.3) is 0 Å². The molecule has 1 aromatic heterocycles. The van der Waals surface area contributed by atoms with Gasteiger partial charge in [-0.1, -0.05) is 6.92 Å². The van der Waals surface area contributed by atoms with Crippen LogP contribution in [-0.4, -0.2) is 21.9 Å². The maximum atomic E-state index is 9.59. The summed E-state index contributed by atoms with van der Waals surface area (Å²) in [5.74, 6) is 0.672. The molecule has 14 heavy (non-hydrogen) atoms. The van der Waals surface area contributed by atoms with Gasteiger partial charge in [-0.2, -0.15) is 5.10 Å². The third-order valence-corrected chi connectivity index (χ3v) is 2.00. The van der Waals surface area contributed by atoms with Crippen LogP contribution >= 0.6 is 0 Å². The molecule has 4 heteroatoms. The lowest BCUT2D eigenvalue weighted by Gasteiger charge is -2.07. The minimum Gasteiger partial charge on any atom is -0.504 e. The Morgan fingerprint density at radius 3 is 3.14 bits per heavy atom. The summed E-state index contributed by atoms with van der Waals surface area (Å²) >= 11 is 0. The number of hydrogen-bond acceptors (Lipinski definition) is 3. The van der Waals surface area contributed by atoms with E-state index in [4.69, 9.17) is 4.74 Å². The molecule has 1 aromatic carbocycles.